The van der Waals surface area contributed by atoms with Gasteiger partial charge < -0.3 is 20.1 Å². The van der Waals surface area contributed by atoms with Crippen molar-refractivity contribution in [2.45, 2.75) is 11.5 Å². The number of terminal acetylenes is 1. The van der Waals surface area contributed by atoms with Crippen molar-refractivity contribution in [1.29, 1.82) is 0 Å². The summed E-state index contributed by atoms with van der Waals surface area (Å²) in [6.07, 6.45) is 7.36. The molecule has 0 radical (unpaired) electrons. The van der Waals surface area contributed by atoms with Gasteiger partial charge in [0.25, 0.3) is 0 Å². The van der Waals surface area contributed by atoms with Gasteiger partial charge in [0.2, 0.25) is 5.91 Å². The lowest BCUT2D eigenvalue weighted by Crippen LogP contribution is -2.41. The van der Waals surface area contributed by atoms with Crippen molar-refractivity contribution in [3.8, 4) is 24.3 Å². The Labute approximate surface area is 232 Å². The molecular weight excluding hydrogens is 552 g/mol. The summed E-state index contributed by atoms with van der Waals surface area (Å²) in [5, 5.41) is 0.420. The van der Waals surface area contributed by atoms with Gasteiger partial charge in [-0.3, -0.25) is 4.79 Å². The minimum atomic E-state index is -2.18. The van der Waals surface area contributed by atoms with Crippen LogP contribution in [0.15, 0.2) is 71.6 Å². The quantitative estimate of drug-likeness (QED) is 0.332. The first kappa shape index (κ1) is 31.2. The second-order valence-electron chi connectivity index (χ2n) is 7.81. The van der Waals surface area contributed by atoms with Crippen molar-refractivity contribution in [3.63, 3.8) is 0 Å². The van der Waals surface area contributed by atoms with Crippen LogP contribution in [0, 0.1) is 24.5 Å². The monoisotopic (exact) mass is 577 g/mol. The predicted octanol–water partition coefficient (Wildman–Crippen LogP) is 4.74. The first-order valence-electron chi connectivity index (χ1n) is 11.3. The second-order valence-corrected chi connectivity index (χ2v) is 9.74. The first-order valence-corrected chi connectivity index (χ1v) is 12.7. The SMILES string of the molecule is C#C.CN(CCN(CC(N)=O)S(=O)c1cc(F)c(Oc2ccc(Cl)cc2)c(F)c1)C(=O)OCc1ccccc1. The molecular formula is C27H26ClF2N3O5S. The molecule has 1 unspecified atom stereocenters. The molecule has 0 aliphatic rings. The van der Waals surface area contributed by atoms with Crippen molar-refractivity contribution in [3.05, 3.63) is 89.0 Å². The third-order valence-electron chi connectivity index (χ3n) is 4.98. The van der Waals surface area contributed by atoms with Gasteiger partial charge in [-0.15, -0.1) is 12.8 Å². The van der Waals surface area contributed by atoms with Gasteiger partial charge in [-0.05, 0) is 42.0 Å². The lowest BCUT2D eigenvalue weighted by molar-refractivity contribution is -0.118. The summed E-state index contributed by atoms with van der Waals surface area (Å²) in [7, 11) is -0.723. The summed E-state index contributed by atoms with van der Waals surface area (Å²) in [4.78, 5) is 24.8. The Morgan fingerprint density at radius 3 is 2.15 bits per heavy atom. The van der Waals surface area contributed by atoms with Crippen LogP contribution in [-0.4, -0.2) is 52.1 Å². The van der Waals surface area contributed by atoms with E-state index in [2.05, 4.69) is 12.8 Å². The molecule has 2 N–H and O–H groups in total. The van der Waals surface area contributed by atoms with Crippen LogP contribution < -0.4 is 10.5 Å². The third kappa shape index (κ3) is 9.68. The summed E-state index contributed by atoms with van der Waals surface area (Å²) in [5.74, 6) is -3.55. The summed E-state index contributed by atoms with van der Waals surface area (Å²) in [6, 6.07) is 16.6. The van der Waals surface area contributed by atoms with Gasteiger partial charge in [-0.1, -0.05) is 41.9 Å². The van der Waals surface area contributed by atoms with Crippen molar-refractivity contribution in [1.82, 2.24) is 9.21 Å². The molecule has 0 fully saturated rings. The molecule has 0 spiro atoms. The molecule has 2 amide bonds. The number of carbonyl (C=O) groups excluding carboxylic acids is 2. The Hall–Kier alpha value is -3.98. The van der Waals surface area contributed by atoms with E-state index in [0.717, 1.165) is 22.0 Å². The summed E-state index contributed by atoms with van der Waals surface area (Å²) >= 11 is 5.80. The molecule has 0 bridgehead atoms. The molecule has 0 saturated heterocycles. The molecule has 12 heteroatoms. The number of hydrogen-bond donors (Lipinski definition) is 1. The van der Waals surface area contributed by atoms with Crippen LogP contribution in [0.3, 0.4) is 0 Å². The highest BCUT2D eigenvalue weighted by Gasteiger charge is 2.23. The Balaban J connectivity index is 0.00000260. The molecule has 1 atom stereocenters. The van der Waals surface area contributed by atoms with E-state index in [-0.39, 0.29) is 30.3 Å². The smallest absolute Gasteiger partial charge is 0.409 e. The lowest BCUT2D eigenvalue weighted by Gasteiger charge is -2.23. The molecule has 0 aliphatic carbocycles. The number of ether oxygens (including phenoxy) is 2. The van der Waals surface area contributed by atoms with Crippen molar-refractivity contribution >= 4 is 34.6 Å². The zero-order valence-electron chi connectivity index (χ0n) is 20.9. The van der Waals surface area contributed by atoms with E-state index in [9.17, 15) is 22.6 Å². The zero-order valence-corrected chi connectivity index (χ0v) is 22.5. The number of hydrogen-bond acceptors (Lipinski definition) is 5. The molecule has 3 aromatic carbocycles. The Kier molecular flexibility index (Phi) is 12.4. The van der Waals surface area contributed by atoms with Gasteiger partial charge in [0.1, 0.15) is 23.3 Å². The average molecular weight is 578 g/mol. The second kappa shape index (κ2) is 15.4. The number of nitrogens with two attached hydrogens (primary N) is 1. The van der Waals surface area contributed by atoms with Gasteiger partial charge >= 0.3 is 6.09 Å². The molecule has 0 aliphatic heterocycles. The molecule has 8 nitrogen and oxygen atoms in total. The molecule has 0 aromatic heterocycles. The van der Waals surface area contributed by atoms with E-state index in [0.29, 0.717) is 5.02 Å². The lowest BCUT2D eigenvalue weighted by atomic mass is 10.2. The average Bonchev–Trinajstić information content (AvgIpc) is 2.93. The van der Waals surface area contributed by atoms with Gasteiger partial charge in [0.15, 0.2) is 17.4 Å². The van der Waals surface area contributed by atoms with Crippen LogP contribution in [0.5, 0.6) is 11.5 Å². The highest BCUT2D eigenvalue weighted by atomic mass is 35.5. The van der Waals surface area contributed by atoms with E-state index < -0.39 is 46.9 Å². The van der Waals surface area contributed by atoms with Gasteiger partial charge in [0, 0.05) is 25.2 Å². The van der Waals surface area contributed by atoms with E-state index in [1.807, 2.05) is 18.2 Å². The minimum Gasteiger partial charge on any atom is -0.451 e. The van der Waals surface area contributed by atoms with Crippen LogP contribution >= 0.6 is 11.6 Å². The standard InChI is InChI=1S/C25H24ClF2N3O5S.C2H2/c1-30(25(33)35-16-17-5-3-2-4-6-17)11-12-31(15-23(29)32)37(34)20-13-21(27)24(22(28)14-20)36-19-9-7-18(26)8-10-19;1-2/h2-10,13-14H,11-12,15-16H2,1H3,(H2,29,32);1-2H. The fraction of sp³-hybridized carbons (Fsp3) is 0.185. The predicted molar refractivity (Wildman–Crippen MR) is 144 cm³/mol. The number of primary amides is 1. The molecule has 3 aromatic rings. The molecule has 3 rings (SSSR count). The van der Waals surface area contributed by atoms with Crippen LogP contribution in [0.25, 0.3) is 0 Å². The van der Waals surface area contributed by atoms with Crippen molar-refractivity contribution in [2.24, 2.45) is 5.73 Å². The number of carbonyl (C=O) groups is 2. The fourth-order valence-electron chi connectivity index (χ4n) is 3.08. The summed E-state index contributed by atoms with van der Waals surface area (Å²) < 4.78 is 54.1. The normalized spacial score (nSPS) is 11.2. The van der Waals surface area contributed by atoms with E-state index in [1.54, 1.807) is 12.1 Å². The summed E-state index contributed by atoms with van der Waals surface area (Å²) in [5.41, 5.74) is 6.07. The van der Waals surface area contributed by atoms with Gasteiger partial charge in [-0.2, -0.15) is 0 Å². The maximum Gasteiger partial charge on any atom is 0.409 e. The van der Waals surface area contributed by atoms with E-state index >= 15 is 0 Å². The minimum absolute atomic E-state index is 0.00459. The Morgan fingerprint density at radius 1 is 1.00 bits per heavy atom. The van der Waals surface area contributed by atoms with Gasteiger partial charge in [-0.25, -0.2) is 22.1 Å². The highest BCUT2D eigenvalue weighted by molar-refractivity contribution is 7.82. The first-order chi connectivity index (χ1) is 18.6. The molecule has 0 saturated carbocycles. The number of likely N-dealkylation sites (N-methyl/N-ethyl adjacent to an activating group) is 1. The maximum absolute atomic E-state index is 14.7. The molecule has 39 heavy (non-hydrogen) atoms. The fourth-order valence-corrected chi connectivity index (χ4v) is 4.41. The maximum atomic E-state index is 14.7. The van der Waals surface area contributed by atoms with Crippen LogP contribution in [0.2, 0.25) is 5.02 Å². The Bertz CT molecular complexity index is 1290. The van der Waals surface area contributed by atoms with Gasteiger partial charge in [0.05, 0.1) is 11.4 Å². The molecule has 206 valence electrons. The largest absolute Gasteiger partial charge is 0.451 e. The van der Waals surface area contributed by atoms with Crippen LogP contribution in [-0.2, 0) is 27.1 Å². The van der Waals surface area contributed by atoms with E-state index in [1.165, 1.54) is 36.2 Å². The zero-order chi connectivity index (χ0) is 28.9. The van der Waals surface area contributed by atoms with Crippen molar-refractivity contribution < 1.29 is 32.1 Å². The number of rotatable bonds is 11. The third-order valence-corrected chi connectivity index (χ3v) is 6.65. The Morgan fingerprint density at radius 2 is 1.59 bits per heavy atom. The van der Waals surface area contributed by atoms with Crippen molar-refractivity contribution in [2.75, 3.05) is 26.7 Å². The topological polar surface area (TPSA) is 102 Å². The highest BCUT2D eigenvalue weighted by Crippen LogP contribution is 2.30. The number of amides is 2. The summed E-state index contributed by atoms with van der Waals surface area (Å²) in [6.45, 7) is -0.524. The number of benzene rings is 3. The molecule has 0 heterocycles. The number of halogens is 3. The number of nitrogens with zero attached hydrogens (tertiary/aromatic N) is 2. The van der Waals surface area contributed by atoms with Crippen LogP contribution in [0.4, 0.5) is 13.6 Å². The van der Waals surface area contributed by atoms with E-state index in [4.69, 9.17) is 26.8 Å². The van der Waals surface area contributed by atoms with Crippen LogP contribution in [0.1, 0.15) is 5.56 Å².